The smallest absolute Gasteiger partial charge is 0.408 e. The van der Waals surface area contributed by atoms with Crippen LogP contribution in [0.1, 0.15) is 47.1 Å². The Morgan fingerprint density at radius 3 is 2.49 bits per heavy atom. The molecule has 2 aromatic heterocycles. The van der Waals surface area contributed by atoms with Crippen LogP contribution in [0, 0.1) is 0 Å². The van der Waals surface area contributed by atoms with E-state index in [0.29, 0.717) is 53.0 Å². The molecule has 49 heavy (non-hydrogen) atoms. The van der Waals surface area contributed by atoms with Gasteiger partial charge in [-0.1, -0.05) is 12.1 Å². The first-order valence-corrected chi connectivity index (χ1v) is 17.1. The second-order valence-corrected chi connectivity index (χ2v) is 13.8. The first-order chi connectivity index (χ1) is 23.5. The van der Waals surface area contributed by atoms with Gasteiger partial charge in [0.1, 0.15) is 10.5 Å². The van der Waals surface area contributed by atoms with Gasteiger partial charge in [0.2, 0.25) is 11.8 Å². The molecule has 14 nitrogen and oxygen atoms in total. The quantitative estimate of drug-likeness (QED) is 0.282. The number of carbonyl (C=O) groups is 3. The zero-order valence-electron chi connectivity index (χ0n) is 27.2. The molecule has 0 saturated carbocycles. The molecule has 2 N–H and O–H groups in total. The van der Waals surface area contributed by atoms with Gasteiger partial charge in [-0.05, 0) is 71.6 Å². The fourth-order valence-corrected chi connectivity index (χ4v) is 7.66. The molecular formula is C34H37BrN8O6. The molecule has 15 heteroatoms. The largest absolute Gasteiger partial charge is 0.420 e. The number of nitrogens with zero attached hydrogens (tertiary/aromatic N) is 6. The normalized spacial score (nSPS) is 22.0. The van der Waals surface area contributed by atoms with Crippen LogP contribution in [0.25, 0.3) is 11.1 Å². The number of rotatable bonds is 6. The van der Waals surface area contributed by atoms with Gasteiger partial charge in [0.05, 0.1) is 17.4 Å². The van der Waals surface area contributed by atoms with Gasteiger partial charge in [-0.15, -0.1) is 0 Å². The number of nitrogens with one attached hydrogen (secondary N) is 2. The topological polar surface area (TPSA) is 155 Å². The van der Waals surface area contributed by atoms with Gasteiger partial charge in [0.25, 0.3) is 11.5 Å². The summed E-state index contributed by atoms with van der Waals surface area (Å²) in [5.41, 5.74) is 4.02. The van der Waals surface area contributed by atoms with Gasteiger partial charge in [-0.3, -0.25) is 29.1 Å². The maximum atomic E-state index is 13.5. The number of aromatic nitrogens is 3. The number of halogens is 1. The summed E-state index contributed by atoms with van der Waals surface area (Å²) in [6, 6.07) is 12.7. The molecule has 0 bridgehead atoms. The van der Waals surface area contributed by atoms with E-state index in [1.807, 2.05) is 35.2 Å². The molecule has 3 fully saturated rings. The van der Waals surface area contributed by atoms with Gasteiger partial charge in [-0.25, -0.2) is 9.48 Å². The van der Waals surface area contributed by atoms with Crippen molar-refractivity contribution < 1.29 is 18.8 Å². The standard InChI is InChI=1S/C34H37BrN8O6/c1-39-18-22(15-23(19-39)37-25-17-36-40(2)33(47)30(25)35)20-3-5-21(6-4-20)32(46)42-13-11-41(12-14-42)24-7-8-26-28(16-24)49-34(48)43(26)27-9-10-29(44)38-31(27)45/h3-8,16-17,22-23,27,37H,9-15,18-19H2,1-2H3,(H,38,44,45). The lowest BCUT2D eigenvalue weighted by molar-refractivity contribution is -0.135. The number of imide groups is 1. The number of likely N-dealkylation sites (N-methyl/N-ethyl adjacent to an activating group) is 1. The molecule has 256 valence electrons. The number of fused-ring (bicyclic) bond motifs is 1. The predicted molar refractivity (Wildman–Crippen MR) is 186 cm³/mol. The summed E-state index contributed by atoms with van der Waals surface area (Å²) in [6.07, 6.45) is 2.94. The molecule has 4 aromatic rings. The van der Waals surface area contributed by atoms with Gasteiger partial charge in [0, 0.05) is 76.1 Å². The van der Waals surface area contributed by atoms with E-state index in [4.69, 9.17) is 4.42 Å². The lowest BCUT2D eigenvalue weighted by Crippen LogP contribution is -2.48. The van der Waals surface area contributed by atoms with Crippen LogP contribution < -0.4 is 26.8 Å². The Kier molecular flexibility index (Phi) is 8.88. The highest BCUT2D eigenvalue weighted by molar-refractivity contribution is 9.10. The molecule has 3 saturated heterocycles. The molecule has 3 unspecified atom stereocenters. The van der Waals surface area contributed by atoms with Crippen molar-refractivity contribution in [2.75, 3.05) is 56.5 Å². The predicted octanol–water partition coefficient (Wildman–Crippen LogP) is 2.29. The number of oxazole rings is 1. The Morgan fingerprint density at radius 1 is 1.00 bits per heavy atom. The summed E-state index contributed by atoms with van der Waals surface area (Å²) in [5.74, 6) is -1.25. The van der Waals surface area contributed by atoms with Crippen molar-refractivity contribution in [3.8, 4) is 0 Å². The number of carbonyl (C=O) groups excluding carboxylic acids is 3. The maximum Gasteiger partial charge on any atom is 0.420 e. The van der Waals surface area contributed by atoms with Crippen molar-refractivity contribution in [1.82, 2.24) is 29.5 Å². The summed E-state index contributed by atoms with van der Waals surface area (Å²) in [4.78, 5) is 68.7. The molecule has 0 spiro atoms. The minimum absolute atomic E-state index is 0.0164. The molecule has 0 radical (unpaired) electrons. The van der Waals surface area contributed by atoms with Gasteiger partial charge in [0.15, 0.2) is 5.58 Å². The molecule has 3 atom stereocenters. The van der Waals surface area contributed by atoms with E-state index in [9.17, 15) is 24.0 Å². The number of piperazine rings is 1. The van der Waals surface area contributed by atoms with E-state index in [-0.39, 0.29) is 42.2 Å². The van der Waals surface area contributed by atoms with E-state index in [1.165, 1.54) is 9.25 Å². The lowest BCUT2D eigenvalue weighted by atomic mass is 9.87. The average molecular weight is 734 g/mol. The Bertz CT molecular complexity index is 2050. The third-order valence-corrected chi connectivity index (χ3v) is 10.5. The molecule has 3 aliphatic heterocycles. The highest BCUT2D eigenvalue weighted by atomic mass is 79.9. The Balaban J connectivity index is 0.970. The maximum absolute atomic E-state index is 13.5. The number of piperidine rings is 2. The summed E-state index contributed by atoms with van der Waals surface area (Å²) in [6.45, 7) is 4.00. The lowest BCUT2D eigenvalue weighted by Gasteiger charge is -2.37. The minimum atomic E-state index is -0.795. The van der Waals surface area contributed by atoms with Crippen molar-refractivity contribution in [3.63, 3.8) is 0 Å². The summed E-state index contributed by atoms with van der Waals surface area (Å²) in [5, 5.41) is 9.93. The van der Waals surface area contributed by atoms with E-state index in [2.05, 4.69) is 48.5 Å². The average Bonchev–Trinajstić information content (AvgIpc) is 3.42. The molecule has 0 aliphatic carbocycles. The number of hydrogen-bond donors (Lipinski definition) is 2. The Labute approximate surface area is 289 Å². The SMILES string of the molecule is CN1CC(Nc2cnn(C)c(=O)c2Br)CC(c2ccc(C(=O)N3CCN(c4ccc5c(c4)oc(=O)n5C4CCC(=O)NC4=O)CC3)cc2)C1. The van der Waals surface area contributed by atoms with E-state index < -0.39 is 17.7 Å². The first-order valence-electron chi connectivity index (χ1n) is 16.4. The zero-order chi connectivity index (χ0) is 34.4. The molecule has 3 amide bonds. The number of hydrogen-bond acceptors (Lipinski definition) is 10. The first kappa shape index (κ1) is 32.8. The number of aryl methyl sites for hydroxylation is 1. The van der Waals surface area contributed by atoms with Crippen LogP contribution in [-0.4, -0.2) is 94.2 Å². The number of anilines is 2. The van der Waals surface area contributed by atoms with Crippen molar-refractivity contribution in [1.29, 1.82) is 0 Å². The van der Waals surface area contributed by atoms with E-state index in [1.54, 1.807) is 25.4 Å². The summed E-state index contributed by atoms with van der Waals surface area (Å²) < 4.78 is 8.59. The molecule has 7 rings (SSSR count). The third-order valence-electron chi connectivity index (χ3n) is 9.75. The fourth-order valence-electron chi connectivity index (χ4n) is 7.19. The number of amides is 3. The van der Waals surface area contributed by atoms with Crippen LogP contribution >= 0.6 is 15.9 Å². The van der Waals surface area contributed by atoms with Crippen LogP contribution in [0.2, 0.25) is 0 Å². The van der Waals surface area contributed by atoms with Crippen molar-refractivity contribution in [2.45, 2.75) is 37.3 Å². The van der Waals surface area contributed by atoms with Crippen LogP contribution in [0.15, 0.2) is 67.1 Å². The van der Waals surface area contributed by atoms with Crippen molar-refractivity contribution in [2.24, 2.45) is 7.05 Å². The zero-order valence-corrected chi connectivity index (χ0v) is 28.8. The second-order valence-electron chi connectivity index (χ2n) is 13.1. The highest BCUT2D eigenvalue weighted by Crippen LogP contribution is 2.30. The molecular weight excluding hydrogens is 696 g/mol. The van der Waals surface area contributed by atoms with Crippen LogP contribution in [0.4, 0.5) is 11.4 Å². The van der Waals surface area contributed by atoms with Gasteiger partial charge >= 0.3 is 5.76 Å². The Hall–Kier alpha value is -4.76. The summed E-state index contributed by atoms with van der Waals surface area (Å²) >= 11 is 3.41. The highest BCUT2D eigenvalue weighted by Gasteiger charge is 2.32. The third kappa shape index (κ3) is 6.52. The van der Waals surface area contributed by atoms with E-state index in [0.717, 1.165) is 30.8 Å². The molecule has 2 aromatic carbocycles. The van der Waals surface area contributed by atoms with Crippen LogP contribution in [-0.2, 0) is 16.6 Å². The van der Waals surface area contributed by atoms with Crippen LogP contribution in [0.5, 0.6) is 0 Å². The minimum Gasteiger partial charge on any atom is -0.408 e. The fraction of sp³-hybridized carbons (Fsp3) is 0.412. The van der Waals surface area contributed by atoms with Gasteiger partial charge in [-0.2, -0.15) is 5.10 Å². The monoisotopic (exact) mass is 732 g/mol. The second kappa shape index (κ2) is 13.3. The van der Waals surface area contributed by atoms with Gasteiger partial charge < -0.3 is 24.4 Å². The molecule has 3 aliphatic rings. The van der Waals surface area contributed by atoms with Crippen molar-refractivity contribution >= 4 is 56.1 Å². The van der Waals surface area contributed by atoms with Crippen molar-refractivity contribution in [3.05, 3.63) is 85.2 Å². The number of benzene rings is 2. The molecule has 5 heterocycles. The summed E-state index contributed by atoms with van der Waals surface area (Å²) in [7, 11) is 3.70. The van der Waals surface area contributed by atoms with E-state index >= 15 is 0 Å². The number of likely N-dealkylation sites (tertiary alicyclic amines) is 1. The Morgan fingerprint density at radius 2 is 1.76 bits per heavy atom. The van der Waals surface area contributed by atoms with Crippen LogP contribution in [0.3, 0.4) is 0 Å².